The summed E-state index contributed by atoms with van der Waals surface area (Å²) in [5, 5.41) is 3.05. The number of nitrogens with zero attached hydrogens (tertiary/aromatic N) is 1. The van der Waals surface area contributed by atoms with E-state index in [4.69, 9.17) is 14.2 Å². The van der Waals surface area contributed by atoms with Crippen LogP contribution < -0.4 is 24.4 Å². The summed E-state index contributed by atoms with van der Waals surface area (Å²) in [4.78, 5) is 15.0. The Morgan fingerprint density at radius 2 is 1.63 bits per heavy atom. The third-order valence-corrected chi connectivity index (χ3v) is 4.71. The van der Waals surface area contributed by atoms with Gasteiger partial charge in [-0.1, -0.05) is 12.1 Å². The molecule has 1 heterocycles. The van der Waals surface area contributed by atoms with Crippen molar-refractivity contribution in [1.29, 1.82) is 0 Å². The van der Waals surface area contributed by atoms with Crippen molar-refractivity contribution in [1.82, 2.24) is 0 Å². The third-order valence-electron chi connectivity index (χ3n) is 4.71. The molecule has 1 fully saturated rings. The molecule has 1 aliphatic heterocycles. The van der Waals surface area contributed by atoms with Gasteiger partial charge in [0.05, 0.1) is 39.1 Å². The van der Waals surface area contributed by atoms with Gasteiger partial charge in [-0.2, -0.15) is 0 Å². The largest absolute Gasteiger partial charge is 0.493 e. The SMILES string of the molecule is COc1cc(CC(=O)Nc2ccccc2N2CCCC2)cc(OC)c1OC. The van der Waals surface area contributed by atoms with E-state index in [0.29, 0.717) is 17.2 Å². The molecule has 0 radical (unpaired) electrons. The van der Waals surface area contributed by atoms with Gasteiger partial charge in [0.1, 0.15) is 0 Å². The molecule has 0 bridgehead atoms. The number of para-hydroxylation sites is 2. The molecule has 1 N–H and O–H groups in total. The number of nitrogens with one attached hydrogen (secondary N) is 1. The van der Waals surface area contributed by atoms with Crippen LogP contribution in [0.2, 0.25) is 0 Å². The molecule has 0 saturated carbocycles. The predicted octanol–water partition coefficient (Wildman–Crippen LogP) is 3.49. The minimum absolute atomic E-state index is 0.0871. The van der Waals surface area contributed by atoms with Gasteiger partial charge in [-0.3, -0.25) is 4.79 Å². The Balaban J connectivity index is 1.77. The van der Waals surface area contributed by atoms with Crippen molar-refractivity contribution >= 4 is 17.3 Å². The highest BCUT2D eigenvalue weighted by atomic mass is 16.5. The van der Waals surface area contributed by atoms with Gasteiger partial charge in [0.25, 0.3) is 0 Å². The number of benzene rings is 2. The first kappa shape index (κ1) is 18.9. The van der Waals surface area contributed by atoms with Crippen LogP contribution in [0.3, 0.4) is 0 Å². The van der Waals surface area contributed by atoms with Crippen molar-refractivity contribution in [2.45, 2.75) is 19.3 Å². The van der Waals surface area contributed by atoms with Crippen molar-refractivity contribution in [3.63, 3.8) is 0 Å². The second-order valence-corrected chi connectivity index (χ2v) is 6.47. The summed E-state index contributed by atoms with van der Waals surface area (Å²) in [5.74, 6) is 1.51. The van der Waals surface area contributed by atoms with Crippen LogP contribution in [0.5, 0.6) is 17.2 Å². The van der Waals surface area contributed by atoms with Crippen LogP contribution in [-0.4, -0.2) is 40.3 Å². The number of amides is 1. The highest BCUT2D eigenvalue weighted by molar-refractivity contribution is 5.95. The lowest BCUT2D eigenvalue weighted by molar-refractivity contribution is -0.115. The third kappa shape index (κ3) is 4.27. The molecule has 1 saturated heterocycles. The number of anilines is 2. The number of hydrogen-bond donors (Lipinski definition) is 1. The van der Waals surface area contributed by atoms with Crippen LogP contribution in [0, 0.1) is 0 Å². The highest BCUT2D eigenvalue weighted by Crippen LogP contribution is 2.38. The number of carbonyl (C=O) groups excluding carboxylic acids is 1. The van der Waals surface area contributed by atoms with Gasteiger partial charge in [0.15, 0.2) is 11.5 Å². The van der Waals surface area contributed by atoms with Crippen LogP contribution in [0.4, 0.5) is 11.4 Å². The summed E-state index contributed by atoms with van der Waals surface area (Å²) >= 11 is 0. The smallest absolute Gasteiger partial charge is 0.228 e. The summed E-state index contributed by atoms with van der Waals surface area (Å²) in [7, 11) is 4.68. The second kappa shape index (κ2) is 8.66. The first-order chi connectivity index (χ1) is 13.2. The van der Waals surface area contributed by atoms with E-state index in [2.05, 4.69) is 16.3 Å². The molecule has 1 aliphatic rings. The summed E-state index contributed by atoms with van der Waals surface area (Å²) < 4.78 is 16.1. The fourth-order valence-electron chi connectivity index (χ4n) is 3.43. The van der Waals surface area contributed by atoms with E-state index in [1.165, 1.54) is 12.8 Å². The maximum absolute atomic E-state index is 12.7. The second-order valence-electron chi connectivity index (χ2n) is 6.47. The van der Waals surface area contributed by atoms with Crippen molar-refractivity contribution < 1.29 is 19.0 Å². The van der Waals surface area contributed by atoms with Crippen molar-refractivity contribution in [2.24, 2.45) is 0 Å². The van der Waals surface area contributed by atoms with E-state index >= 15 is 0 Å². The van der Waals surface area contributed by atoms with Crippen molar-refractivity contribution in [3.8, 4) is 17.2 Å². The molecular formula is C21H26N2O4. The molecule has 2 aromatic carbocycles. The summed E-state index contributed by atoms with van der Waals surface area (Å²) in [6.07, 6.45) is 2.59. The molecule has 6 nitrogen and oxygen atoms in total. The van der Waals surface area contributed by atoms with Crippen molar-refractivity contribution in [3.05, 3.63) is 42.0 Å². The molecule has 0 aliphatic carbocycles. The summed E-state index contributed by atoms with van der Waals surface area (Å²) in [5.41, 5.74) is 2.71. The van der Waals surface area contributed by atoms with Gasteiger partial charge in [0.2, 0.25) is 11.7 Å². The zero-order valence-electron chi connectivity index (χ0n) is 16.1. The van der Waals surface area contributed by atoms with E-state index in [0.717, 1.165) is 30.0 Å². The van der Waals surface area contributed by atoms with Gasteiger partial charge in [-0.25, -0.2) is 0 Å². The Bertz CT molecular complexity index is 776. The zero-order valence-corrected chi connectivity index (χ0v) is 16.1. The maximum atomic E-state index is 12.7. The van der Waals surface area contributed by atoms with E-state index in [1.54, 1.807) is 33.5 Å². The van der Waals surface area contributed by atoms with E-state index < -0.39 is 0 Å². The lowest BCUT2D eigenvalue weighted by atomic mass is 10.1. The van der Waals surface area contributed by atoms with E-state index in [1.807, 2.05) is 18.2 Å². The molecule has 0 spiro atoms. The highest BCUT2D eigenvalue weighted by Gasteiger charge is 2.18. The van der Waals surface area contributed by atoms with Crippen LogP contribution in [-0.2, 0) is 11.2 Å². The molecule has 3 rings (SSSR count). The molecule has 1 amide bonds. The number of ether oxygens (including phenoxy) is 3. The molecule has 144 valence electrons. The first-order valence-corrected chi connectivity index (χ1v) is 9.09. The average molecular weight is 370 g/mol. The minimum atomic E-state index is -0.0871. The number of rotatable bonds is 7. The molecule has 0 aromatic heterocycles. The van der Waals surface area contributed by atoms with Crippen LogP contribution in [0.1, 0.15) is 18.4 Å². The standard InChI is InChI=1S/C21H26N2O4/c1-25-18-12-15(13-19(26-2)21(18)27-3)14-20(24)22-16-8-4-5-9-17(16)23-10-6-7-11-23/h4-5,8-9,12-13H,6-7,10-11,14H2,1-3H3,(H,22,24). The Morgan fingerprint density at radius 1 is 1.00 bits per heavy atom. The molecule has 0 unspecified atom stereocenters. The van der Waals surface area contributed by atoms with Crippen LogP contribution >= 0.6 is 0 Å². The first-order valence-electron chi connectivity index (χ1n) is 9.09. The molecule has 0 atom stereocenters. The van der Waals surface area contributed by atoms with Gasteiger partial charge in [0, 0.05) is 13.1 Å². The predicted molar refractivity (Wildman–Crippen MR) is 106 cm³/mol. The van der Waals surface area contributed by atoms with Crippen molar-refractivity contribution in [2.75, 3.05) is 44.6 Å². The lowest BCUT2D eigenvalue weighted by Gasteiger charge is -2.21. The number of hydrogen-bond acceptors (Lipinski definition) is 5. The Labute approximate surface area is 160 Å². The van der Waals surface area contributed by atoms with Crippen LogP contribution in [0.25, 0.3) is 0 Å². The van der Waals surface area contributed by atoms with Crippen LogP contribution in [0.15, 0.2) is 36.4 Å². The van der Waals surface area contributed by atoms with E-state index in [9.17, 15) is 4.79 Å². The minimum Gasteiger partial charge on any atom is -0.493 e. The Hall–Kier alpha value is -2.89. The molecule has 6 heteroatoms. The Kier molecular flexibility index (Phi) is 6.06. The summed E-state index contributed by atoms with van der Waals surface area (Å²) in [6.45, 7) is 2.06. The fraction of sp³-hybridized carbons (Fsp3) is 0.381. The maximum Gasteiger partial charge on any atom is 0.228 e. The fourth-order valence-corrected chi connectivity index (χ4v) is 3.43. The Morgan fingerprint density at radius 3 is 2.22 bits per heavy atom. The van der Waals surface area contributed by atoms with Gasteiger partial charge >= 0.3 is 0 Å². The van der Waals surface area contributed by atoms with E-state index in [-0.39, 0.29) is 12.3 Å². The number of carbonyl (C=O) groups is 1. The zero-order chi connectivity index (χ0) is 19.2. The average Bonchev–Trinajstić information content (AvgIpc) is 3.22. The quantitative estimate of drug-likeness (QED) is 0.808. The molecular weight excluding hydrogens is 344 g/mol. The van der Waals surface area contributed by atoms with Gasteiger partial charge in [-0.05, 0) is 42.7 Å². The van der Waals surface area contributed by atoms with Gasteiger partial charge in [-0.15, -0.1) is 0 Å². The van der Waals surface area contributed by atoms with Gasteiger partial charge < -0.3 is 24.4 Å². The lowest BCUT2D eigenvalue weighted by Crippen LogP contribution is -2.21. The molecule has 2 aromatic rings. The molecule has 27 heavy (non-hydrogen) atoms. The topological polar surface area (TPSA) is 60.0 Å². The normalized spacial score (nSPS) is 13.4. The number of methoxy groups -OCH3 is 3. The monoisotopic (exact) mass is 370 g/mol. The summed E-state index contributed by atoms with van der Waals surface area (Å²) in [6, 6.07) is 11.5.